The fraction of sp³-hybridized carbons (Fsp3) is 0.455. The van der Waals surface area contributed by atoms with Gasteiger partial charge in [-0.15, -0.1) is 0 Å². The van der Waals surface area contributed by atoms with Crippen molar-refractivity contribution in [1.29, 1.82) is 0 Å². The molecule has 0 bridgehead atoms. The maximum absolute atomic E-state index is 12.6. The zero-order valence-corrected chi connectivity index (χ0v) is 10.0. The molecule has 7 heteroatoms. The van der Waals surface area contributed by atoms with E-state index in [2.05, 4.69) is 5.32 Å². The zero-order valence-electron chi connectivity index (χ0n) is 10.0. The summed E-state index contributed by atoms with van der Waals surface area (Å²) in [5.41, 5.74) is 4.88. The lowest BCUT2D eigenvalue weighted by molar-refractivity contribution is -0.137. The number of methoxy groups -OCH3 is 2. The van der Waals surface area contributed by atoms with Crippen molar-refractivity contribution in [2.75, 3.05) is 31.9 Å². The number of alkyl halides is 3. The molecule has 0 aliphatic carbocycles. The maximum Gasteiger partial charge on any atom is 0.416 e. The highest BCUT2D eigenvalue weighted by Crippen LogP contribution is 2.32. The first kappa shape index (κ1) is 14.6. The molecule has 0 spiro atoms. The van der Waals surface area contributed by atoms with E-state index in [0.717, 1.165) is 12.1 Å². The molecule has 0 radical (unpaired) electrons. The first-order valence-corrected chi connectivity index (χ1v) is 5.13. The quantitative estimate of drug-likeness (QED) is 0.633. The average molecular weight is 264 g/mol. The van der Waals surface area contributed by atoms with Crippen LogP contribution in [-0.4, -0.2) is 27.1 Å². The van der Waals surface area contributed by atoms with Gasteiger partial charge in [0, 0.05) is 25.6 Å². The average Bonchev–Trinajstić information content (AvgIpc) is 2.26. The van der Waals surface area contributed by atoms with Crippen molar-refractivity contribution in [2.45, 2.75) is 12.4 Å². The molecule has 0 amide bonds. The van der Waals surface area contributed by atoms with Gasteiger partial charge in [0.2, 0.25) is 0 Å². The second-order valence-corrected chi connectivity index (χ2v) is 3.67. The Bertz CT molecular complexity index is 396. The molecule has 1 unspecified atom stereocenters. The first-order chi connectivity index (χ1) is 8.36. The molecule has 3 N–H and O–H groups in total. The van der Waals surface area contributed by atoms with Crippen LogP contribution in [0.25, 0.3) is 0 Å². The molecule has 1 aromatic rings. The van der Waals surface area contributed by atoms with E-state index in [9.17, 15) is 13.2 Å². The fourth-order valence-electron chi connectivity index (χ4n) is 1.40. The minimum atomic E-state index is -4.43. The number of nitrogens with two attached hydrogens (primary N) is 1. The Hall–Kier alpha value is -1.47. The second kappa shape index (κ2) is 5.92. The summed E-state index contributed by atoms with van der Waals surface area (Å²) in [6.45, 7) is 0.201. The molecular weight excluding hydrogens is 249 g/mol. The van der Waals surface area contributed by atoms with Gasteiger partial charge in [-0.25, -0.2) is 0 Å². The minimum absolute atomic E-state index is 0.0274. The lowest BCUT2D eigenvalue weighted by Gasteiger charge is -2.18. The molecule has 0 aromatic heterocycles. The summed E-state index contributed by atoms with van der Waals surface area (Å²) < 4.78 is 47.6. The van der Waals surface area contributed by atoms with Gasteiger partial charge in [0.1, 0.15) is 0 Å². The predicted octanol–water partition coefficient (Wildman–Crippen LogP) is 2.32. The number of halogens is 3. The number of hydrogen-bond donors (Lipinski definition) is 2. The van der Waals surface area contributed by atoms with Crippen LogP contribution in [0, 0.1) is 0 Å². The lowest BCUT2D eigenvalue weighted by atomic mass is 10.1. The van der Waals surface area contributed by atoms with Gasteiger partial charge in [-0.1, -0.05) is 0 Å². The van der Waals surface area contributed by atoms with Crippen molar-refractivity contribution in [1.82, 2.24) is 0 Å². The van der Waals surface area contributed by atoms with Crippen LogP contribution < -0.4 is 11.1 Å². The summed E-state index contributed by atoms with van der Waals surface area (Å²) >= 11 is 0. The first-order valence-electron chi connectivity index (χ1n) is 5.13. The zero-order chi connectivity index (χ0) is 13.8. The number of anilines is 2. The Morgan fingerprint density at radius 3 is 2.44 bits per heavy atom. The van der Waals surface area contributed by atoms with Crippen LogP contribution in [0.4, 0.5) is 24.5 Å². The van der Waals surface area contributed by atoms with Crippen LogP contribution in [0.5, 0.6) is 0 Å². The molecule has 0 saturated carbocycles. The highest BCUT2D eigenvalue weighted by molar-refractivity contribution is 5.57. The van der Waals surface area contributed by atoms with Crippen LogP contribution in [0.3, 0.4) is 0 Å². The van der Waals surface area contributed by atoms with Gasteiger partial charge in [0.25, 0.3) is 0 Å². The summed E-state index contributed by atoms with van der Waals surface area (Å²) in [6.07, 6.45) is -4.98. The summed E-state index contributed by atoms with van der Waals surface area (Å²) in [7, 11) is 2.89. The molecule has 0 heterocycles. The third-order valence-corrected chi connectivity index (χ3v) is 2.21. The summed E-state index contributed by atoms with van der Waals surface area (Å²) in [5, 5.41) is 2.76. The molecule has 4 nitrogen and oxygen atoms in total. The summed E-state index contributed by atoms with van der Waals surface area (Å²) in [4.78, 5) is 0. The van der Waals surface area contributed by atoms with E-state index in [0.29, 0.717) is 0 Å². The van der Waals surface area contributed by atoms with Crippen LogP contribution in [0.2, 0.25) is 0 Å². The van der Waals surface area contributed by atoms with E-state index < -0.39 is 18.0 Å². The Kier molecular flexibility index (Phi) is 4.80. The van der Waals surface area contributed by atoms with E-state index in [1.165, 1.54) is 20.3 Å². The summed E-state index contributed by atoms with van der Waals surface area (Å²) in [5.74, 6) is 0. The molecule has 1 atom stereocenters. The molecule has 1 rings (SSSR count). The van der Waals surface area contributed by atoms with E-state index in [1.807, 2.05) is 0 Å². The van der Waals surface area contributed by atoms with E-state index >= 15 is 0 Å². The molecule has 0 fully saturated rings. The molecule has 0 aliphatic rings. The molecule has 18 heavy (non-hydrogen) atoms. The summed E-state index contributed by atoms with van der Waals surface area (Å²) in [6, 6.07) is 3.25. The number of nitrogens with one attached hydrogen (secondary N) is 1. The van der Waals surface area contributed by atoms with E-state index in [1.54, 1.807) is 0 Å². The van der Waals surface area contributed by atoms with E-state index in [4.69, 9.17) is 15.2 Å². The minimum Gasteiger partial charge on any atom is -0.399 e. The van der Waals surface area contributed by atoms with Crippen LogP contribution in [0.1, 0.15) is 5.56 Å². The Morgan fingerprint density at radius 1 is 1.28 bits per heavy atom. The topological polar surface area (TPSA) is 56.5 Å². The second-order valence-electron chi connectivity index (χ2n) is 3.67. The van der Waals surface area contributed by atoms with Crippen LogP contribution in [-0.2, 0) is 15.7 Å². The van der Waals surface area contributed by atoms with Crippen LogP contribution in [0.15, 0.2) is 18.2 Å². The van der Waals surface area contributed by atoms with Gasteiger partial charge >= 0.3 is 6.18 Å². The van der Waals surface area contributed by atoms with Gasteiger partial charge in [-0.3, -0.25) is 0 Å². The number of hydrogen-bond acceptors (Lipinski definition) is 4. The standard InChI is InChI=1S/C11H15F3N2O2/c1-17-6-10(18-2)16-9-4-7(11(12,13)14)3-8(15)5-9/h3-5,10,16H,6,15H2,1-2H3. The van der Waals surface area contributed by atoms with Gasteiger partial charge < -0.3 is 20.5 Å². The van der Waals surface area contributed by atoms with Crippen molar-refractivity contribution >= 4 is 11.4 Å². The molecule has 0 saturated heterocycles. The van der Waals surface area contributed by atoms with Crippen molar-refractivity contribution in [3.63, 3.8) is 0 Å². The number of rotatable bonds is 5. The fourth-order valence-corrected chi connectivity index (χ4v) is 1.40. The van der Waals surface area contributed by atoms with Crippen LogP contribution >= 0.6 is 0 Å². The van der Waals surface area contributed by atoms with Gasteiger partial charge in [0.05, 0.1) is 12.2 Å². The third-order valence-electron chi connectivity index (χ3n) is 2.21. The highest BCUT2D eigenvalue weighted by Gasteiger charge is 2.31. The number of nitrogen functional groups attached to an aromatic ring is 1. The highest BCUT2D eigenvalue weighted by atomic mass is 19.4. The van der Waals surface area contributed by atoms with Crippen molar-refractivity contribution in [3.8, 4) is 0 Å². The predicted molar refractivity (Wildman–Crippen MR) is 62.2 cm³/mol. The van der Waals surface area contributed by atoms with Crippen molar-refractivity contribution < 1.29 is 22.6 Å². The van der Waals surface area contributed by atoms with Gasteiger partial charge in [-0.05, 0) is 18.2 Å². The monoisotopic (exact) mass is 264 g/mol. The van der Waals surface area contributed by atoms with Crippen molar-refractivity contribution in [3.05, 3.63) is 23.8 Å². The normalized spacial score (nSPS) is 13.4. The SMILES string of the molecule is COCC(Nc1cc(N)cc(C(F)(F)F)c1)OC. The lowest BCUT2D eigenvalue weighted by Crippen LogP contribution is -2.27. The number of ether oxygens (including phenoxy) is 2. The third kappa shape index (κ3) is 4.08. The number of benzene rings is 1. The maximum atomic E-state index is 12.6. The Labute approximate surface area is 103 Å². The largest absolute Gasteiger partial charge is 0.416 e. The van der Waals surface area contributed by atoms with Crippen molar-refractivity contribution in [2.24, 2.45) is 0 Å². The molecular formula is C11H15F3N2O2. The Balaban J connectivity index is 2.92. The smallest absolute Gasteiger partial charge is 0.399 e. The molecule has 0 aliphatic heterocycles. The Morgan fingerprint density at radius 2 is 1.94 bits per heavy atom. The van der Waals surface area contributed by atoms with E-state index in [-0.39, 0.29) is 18.0 Å². The molecule has 102 valence electrons. The molecule has 1 aromatic carbocycles. The van der Waals surface area contributed by atoms with Gasteiger partial charge in [0.15, 0.2) is 6.23 Å². The van der Waals surface area contributed by atoms with Gasteiger partial charge in [-0.2, -0.15) is 13.2 Å².